The first-order valence-electron chi connectivity index (χ1n) is 7.04. The SMILES string of the molecule is Cc1[nH]c2ccccc2c1C(=O)C(=O)N(C)c1ccccc1. The van der Waals surface area contributed by atoms with Gasteiger partial charge in [-0.15, -0.1) is 0 Å². The molecule has 0 fully saturated rings. The number of amides is 1. The van der Waals surface area contributed by atoms with Crippen molar-refractivity contribution in [1.29, 1.82) is 0 Å². The summed E-state index contributed by atoms with van der Waals surface area (Å²) < 4.78 is 0. The summed E-state index contributed by atoms with van der Waals surface area (Å²) in [4.78, 5) is 29.7. The van der Waals surface area contributed by atoms with Crippen LogP contribution in [0.25, 0.3) is 10.9 Å². The number of nitrogens with zero attached hydrogens (tertiary/aromatic N) is 1. The van der Waals surface area contributed by atoms with E-state index in [1.807, 2.05) is 49.4 Å². The summed E-state index contributed by atoms with van der Waals surface area (Å²) in [5.74, 6) is -1.04. The Balaban J connectivity index is 1.99. The second-order valence-electron chi connectivity index (χ2n) is 5.20. The van der Waals surface area contributed by atoms with Crippen LogP contribution in [0, 0.1) is 6.92 Å². The molecule has 0 atom stereocenters. The van der Waals surface area contributed by atoms with E-state index in [1.54, 1.807) is 19.2 Å². The van der Waals surface area contributed by atoms with Gasteiger partial charge in [0.2, 0.25) is 0 Å². The third-order valence-corrected chi connectivity index (χ3v) is 3.76. The lowest BCUT2D eigenvalue weighted by molar-refractivity contribution is -0.114. The smallest absolute Gasteiger partial charge is 0.299 e. The molecule has 0 saturated carbocycles. The van der Waals surface area contributed by atoms with E-state index in [0.29, 0.717) is 16.9 Å². The maximum absolute atomic E-state index is 12.6. The van der Waals surface area contributed by atoms with Gasteiger partial charge in [0, 0.05) is 29.3 Å². The molecular formula is C18H16N2O2. The van der Waals surface area contributed by atoms with Crippen molar-refractivity contribution in [1.82, 2.24) is 4.98 Å². The van der Waals surface area contributed by atoms with Crippen LogP contribution in [-0.4, -0.2) is 23.7 Å². The highest BCUT2D eigenvalue weighted by atomic mass is 16.2. The molecule has 1 N–H and O–H groups in total. The molecular weight excluding hydrogens is 276 g/mol. The molecule has 0 bridgehead atoms. The minimum absolute atomic E-state index is 0.448. The highest BCUT2D eigenvalue weighted by Gasteiger charge is 2.25. The molecule has 1 amide bonds. The molecule has 4 heteroatoms. The van der Waals surface area contributed by atoms with Crippen molar-refractivity contribution in [3.63, 3.8) is 0 Å². The van der Waals surface area contributed by atoms with E-state index in [2.05, 4.69) is 4.98 Å². The number of ketones is 1. The van der Waals surface area contributed by atoms with Crippen molar-refractivity contribution in [3.8, 4) is 0 Å². The number of nitrogens with one attached hydrogen (secondary N) is 1. The summed E-state index contributed by atoms with van der Waals surface area (Å²) >= 11 is 0. The number of carbonyl (C=O) groups is 2. The molecule has 0 unspecified atom stereocenters. The molecule has 0 aliphatic rings. The quantitative estimate of drug-likeness (QED) is 0.594. The molecule has 1 heterocycles. The fourth-order valence-electron chi connectivity index (χ4n) is 2.60. The Morgan fingerprint density at radius 1 is 0.955 bits per heavy atom. The van der Waals surface area contributed by atoms with Gasteiger partial charge in [0.05, 0.1) is 5.56 Å². The molecule has 0 aliphatic carbocycles. The molecule has 0 saturated heterocycles. The van der Waals surface area contributed by atoms with Crippen molar-refractivity contribution in [2.45, 2.75) is 6.92 Å². The number of Topliss-reactive ketones (excluding diaryl/α,β-unsaturated/α-hetero) is 1. The second kappa shape index (κ2) is 5.48. The number of aromatic nitrogens is 1. The van der Waals surface area contributed by atoms with E-state index in [-0.39, 0.29) is 0 Å². The average molecular weight is 292 g/mol. The number of benzene rings is 2. The molecule has 0 radical (unpaired) electrons. The minimum Gasteiger partial charge on any atom is -0.358 e. The van der Waals surface area contributed by atoms with Gasteiger partial charge in [-0.1, -0.05) is 36.4 Å². The number of carbonyl (C=O) groups excluding carboxylic acids is 2. The molecule has 4 nitrogen and oxygen atoms in total. The molecule has 3 rings (SSSR count). The van der Waals surface area contributed by atoms with E-state index in [9.17, 15) is 9.59 Å². The van der Waals surface area contributed by atoms with Crippen LogP contribution in [0.4, 0.5) is 5.69 Å². The van der Waals surface area contributed by atoms with E-state index in [0.717, 1.165) is 10.9 Å². The van der Waals surface area contributed by atoms with Crippen LogP contribution < -0.4 is 4.90 Å². The van der Waals surface area contributed by atoms with Gasteiger partial charge < -0.3 is 9.88 Å². The van der Waals surface area contributed by atoms with Crippen LogP contribution in [0.1, 0.15) is 16.1 Å². The number of anilines is 1. The highest BCUT2D eigenvalue weighted by Crippen LogP contribution is 2.23. The summed E-state index contributed by atoms with van der Waals surface area (Å²) in [5.41, 5.74) is 2.71. The third kappa shape index (κ3) is 2.29. The van der Waals surface area contributed by atoms with Crippen LogP contribution in [0.5, 0.6) is 0 Å². The summed E-state index contributed by atoms with van der Waals surface area (Å²) in [7, 11) is 1.61. The maximum Gasteiger partial charge on any atom is 0.299 e. The largest absolute Gasteiger partial charge is 0.358 e. The molecule has 3 aromatic rings. The molecule has 110 valence electrons. The van der Waals surface area contributed by atoms with Crippen LogP contribution >= 0.6 is 0 Å². The standard InChI is InChI=1S/C18H16N2O2/c1-12-16(14-10-6-7-11-15(14)19-12)17(21)18(22)20(2)13-8-4-3-5-9-13/h3-11,19H,1-2H3. The number of para-hydroxylation sites is 2. The Bertz CT molecular complexity index is 850. The first-order chi connectivity index (χ1) is 10.6. The van der Waals surface area contributed by atoms with Gasteiger partial charge in [-0.25, -0.2) is 0 Å². The van der Waals surface area contributed by atoms with E-state index in [1.165, 1.54) is 4.90 Å². The molecule has 0 aliphatic heterocycles. The highest BCUT2D eigenvalue weighted by molar-refractivity contribution is 6.49. The third-order valence-electron chi connectivity index (χ3n) is 3.76. The summed E-state index contributed by atoms with van der Waals surface area (Å²) in [6.45, 7) is 1.81. The van der Waals surface area contributed by atoms with Gasteiger partial charge in [0.1, 0.15) is 0 Å². The molecule has 2 aromatic carbocycles. The Kier molecular flexibility index (Phi) is 3.51. The zero-order chi connectivity index (χ0) is 15.7. The van der Waals surface area contributed by atoms with Gasteiger partial charge in [0.25, 0.3) is 11.7 Å². The normalized spacial score (nSPS) is 10.6. The van der Waals surface area contributed by atoms with E-state index < -0.39 is 11.7 Å². The number of aryl methyl sites for hydroxylation is 1. The summed E-state index contributed by atoms with van der Waals surface area (Å²) in [6.07, 6.45) is 0. The Hall–Kier alpha value is -2.88. The number of likely N-dealkylation sites (N-methyl/N-ethyl adjacent to an activating group) is 1. The van der Waals surface area contributed by atoms with Crippen LogP contribution in [0.2, 0.25) is 0 Å². The lowest BCUT2D eigenvalue weighted by Crippen LogP contribution is -2.33. The first-order valence-corrected chi connectivity index (χ1v) is 7.04. The number of aromatic amines is 1. The van der Waals surface area contributed by atoms with Crippen LogP contribution in [0.3, 0.4) is 0 Å². The van der Waals surface area contributed by atoms with Crippen LogP contribution in [0.15, 0.2) is 54.6 Å². The number of fused-ring (bicyclic) bond motifs is 1. The monoisotopic (exact) mass is 292 g/mol. The van der Waals surface area contributed by atoms with Gasteiger partial charge in [-0.05, 0) is 25.1 Å². The van der Waals surface area contributed by atoms with Crippen molar-refractivity contribution in [2.24, 2.45) is 0 Å². The lowest BCUT2D eigenvalue weighted by atomic mass is 10.1. The summed E-state index contributed by atoms with van der Waals surface area (Å²) in [6, 6.07) is 16.6. The molecule has 22 heavy (non-hydrogen) atoms. The molecule has 1 aromatic heterocycles. The van der Waals surface area contributed by atoms with Gasteiger partial charge in [-0.2, -0.15) is 0 Å². The Morgan fingerprint density at radius 2 is 1.59 bits per heavy atom. The fraction of sp³-hybridized carbons (Fsp3) is 0.111. The summed E-state index contributed by atoms with van der Waals surface area (Å²) in [5, 5.41) is 0.778. The van der Waals surface area contributed by atoms with Crippen molar-refractivity contribution in [2.75, 3.05) is 11.9 Å². The van der Waals surface area contributed by atoms with Crippen LogP contribution in [-0.2, 0) is 4.79 Å². The molecule has 0 spiro atoms. The van der Waals surface area contributed by atoms with Gasteiger partial charge in [0.15, 0.2) is 0 Å². The lowest BCUT2D eigenvalue weighted by Gasteiger charge is -2.16. The Labute approximate surface area is 128 Å². The zero-order valence-electron chi connectivity index (χ0n) is 12.5. The number of H-pyrrole nitrogens is 1. The minimum atomic E-state index is -0.543. The van der Waals surface area contributed by atoms with Gasteiger partial charge in [-0.3, -0.25) is 9.59 Å². The zero-order valence-corrected chi connectivity index (χ0v) is 12.5. The predicted octanol–water partition coefficient (Wildman–Crippen LogP) is 3.32. The van der Waals surface area contributed by atoms with Crippen molar-refractivity contribution in [3.05, 3.63) is 65.9 Å². The number of hydrogen-bond donors (Lipinski definition) is 1. The predicted molar refractivity (Wildman–Crippen MR) is 87.2 cm³/mol. The van der Waals surface area contributed by atoms with Gasteiger partial charge >= 0.3 is 0 Å². The maximum atomic E-state index is 12.6. The topological polar surface area (TPSA) is 53.2 Å². The van der Waals surface area contributed by atoms with Crippen molar-refractivity contribution >= 4 is 28.3 Å². The van der Waals surface area contributed by atoms with E-state index >= 15 is 0 Å². The average Bonchev–Trinajstić information content (AvgIpc) is 2.89. The van der Waals surface area contributed by atoms with Crippen molar-refractivity contribution < 1.29 is 9.59 Å². The first kappa shape index (κ1) is 14.1. The number of rotatable bonds is 3. The van der Waals surface area contributed by atoms with E-state index in [4.69, 9.17) is 0 Å². The fourth-order valence-corrected chi connectivity index (χ4v) is 2.60. The number of hydrogen-bond acceptors (Lipinski definition) is 2. The second-order valence-corrected chi connectivity index (χ2v) is 5.20. The Morgan fingerprint density at radius 3 is 2.32 bits per heavy atom.